The molecule has 0 bridgehead atoms. The Morgan fingerprint density at radius 2 is 2.50 bits per heavy atom. The second-order valence-corrected chi connectivity index (χ2v) is 4.61. The van der Waals surface area contributed by atoms with Gasteiger partial charge in [0.15, 0.2) is 0 Å². The van der Waals surface area contributed by atoms with E-state index in [0.717, 1.165) is 26.1 Å². The van der Waals surface area contributed by atoms with Gasteiger partial charge in [0.1, 0.15) is 5.82 Å². The molecule has 0 aromatic carbocycles. The van der Waals surface area contributed by atoms with Crippen LogP contribution in [0.1, 0.15) is 18.9 Å². The summed E-state index contributed by atoms with van der Waals surface area (Å²) < 4.78 is 0. The van der Waals surface area contributed by atoms with Gasteiger partial charge < -0.3 is 10.8 Å². The van der Waals surface area contributed by atoms with Crippen LogP contribution in [0.4, 0.5) is 5.82 Å². The Morgan fingerprint density at radius 3 is 3.12 bits per heavy atom. The van der Waals surface area contributed by atoms with E-state index >= 15 is 0 Å². The van der Waals surface area contributed by atoms with Crippen molar-refractivity contribution in [2.45, 2.75) is 26.0 Å². The first kappa shape index (κ1) is 11.4. The van der Waals surface area contributed by atoms with Crippen LogP contribution in [0.2, 0.25) is 0 Å². The number of nitrogens with two attached hydrogens (primary N) is 1. The molecule has 4 nitrogen and oxygen atoms in total. The summed E-state index contributed by atoms with van der Waals surface area (Å²) in [5, 5.41) is 9.52. The molecule has 1 saturated heterocycles. The normalized spacial score (nSPS) is 23.5. The summed E-state index contributed by atoms with van der Waals surface area (Å²) in [6.07, 6.45) is 2.62. The average molecular weight is 221 g/mol. The maximum Gasteiger partial charge on any atom is 0.123 e. The fourth-order valence-corrected chi connectivity index (χ4v) is 2.25. The third kappa shape index (κ3) is 2.71. The molecule has 2 rings (SSSR count). The van der Waals surface area contributed by atoms with Gasteiger partial charge >= 0.3 is 0 Å². The maximum absolute atomic E-state index is 9.52. The fourth-order valence-electron chi connectivity index (χ4n) is 2.25. The number of aliphatic hydroxyl groups excluding tert-OH is 1. The zero-order valence-corrected chi connectivity index (χ0v) is 9.63. The molecule has 1 aromatic rings. The quantitative estimate of drug-likeness (QED) is 0.795. The van der Waals surface area contributed by atoms with E-state index in [1.54, 1.807) is 6.20 Å². The summed E-state index contributed by atoms with van der Waals surface area (Å²) >= 11 is 0. The van der Waals surface area contributed by atoms with Crippen molar-refractivity contribution in [3.05, 3.63) is 23.9 Å². The highest BCUT2D eigenvalue weighted by molar-refractivity contribution is 5.31. The van der Waals surface area contributed by atoms with Crippen LogP contribution in [0.15, 0.2) is 18.3 Å². The predicted molar refractivity (Wildman–Crippen MR) is 63.7 cm³/mol. The van der Waals surface area contributed by atoms with Crippen LogP contribution >= 0.6 is 0 Å². The molecular weight excluding hydrogens is 202 g/mol. The van der Waals surface area contributed by atoms with Crippen LogP contribution in [-0.2, 0) is 6.54 Å². The number of hydrogen-bond donors (Lipinski definition) is 2. The monoisotopic (exact) mass is 221 g/mol. The van der Waals surface area contributed by atoms with E-state index < -0.39 is 0 Å². The first-order chi connectivity index (χ1) is 7.65. The molecule has 88 valence electrons. The van der Waals surface area contributed by atoms with E-state index in [2.05, 4.69) is 9.88 Å². The zero-order valence-electron chi connectivity index (χ0n) is 9.63. The van der Waals surface area contributed by atoms with Crippen LogP contribution in [0.3, 0.4) is 0 Å². The molecule has 0 spiro atoms. The van der Waals surface area contributed by atoms with Gasteiger partial charge in [-0.3, -0.25) is 4.90 Å². The van der Waals surface area contributed by atoms with E-state index in [9.17, 15) is 5.11 Å². The smallest absolute Gasteiger partial charge is 0.123 e. The standard InChI is InChI=1S/C12H19N3O/c1-9(16)11-3-5-15(8-11)7-10-2-4-14-12(13)6-10/h2,4,6,9,11,16H,3,5,7-8H2,1H3,(H2,13,14). The lowest BCUT2D eigenvalue weighted by Gasteiger charge is -2.17. The van der Waals surface area contributed by atoms with Crippen LogP contribution < -0.4 is 5.73 Å². The molecule has 0 amide bonds. The first-order valence-corrected chi connectivity index (χ1v) is 5.76. The Labute approximate surface area is 96.1 Å². The number of anilines is 1. The van der Waals surface area contributed by atoms with Gasteiger partial charge in [-0.15, -0.1) is 0 Å². The van der Waals surface area contributed by atoms with Crippen molar-refractivity contribution in [1.82, 2.24) is 9.88 Å². The number of rotatable bonds is 3. The van der Waals surface area contributed by atoms with E-state index in [1.807, 2.05) is 19.1 Å². The summed E-state index contributed by atoms with van der Waals surface area (Å²) in [5.74, 6) is 0.989. The highest BCUT2D eigenvalue weighted by Crippen LogP contribution is 2.21. The predicted octanol–water partition coefficient (Wildman–Crippen LogP) is 0.866. The van der Waals surface area contributed by atoms with Crippen molar-refractivity contribution >= 4 is 5.82 Å². The van der Waals surface area contributed by atoms with E-state index in [1.165, 1.54) is 5.56 Å². The number of nitrogen functional groups attached to an aromatic ring is 1. The number of aliphatic hydroxyl groups is 1. The second-order valence-electron chi connectivity index (χ2n) is 4.61. The van der Waals surface area contributed by atoms with Crippen molar-refractivity contribution in [2.24, 2.45) is 5.92 Å². The molecule has 16 heavy (non-hydrogen) atoms. The van der Waals surface area contributed by atoms with E-state index in [-0.39, 0.29) is 6.10 Å². The Kier molecular flexibility index (Phi) is 3.41. The van der Waals surface area contributed by atoms with Gasteiger partial charge in [0, 0.05) is 19.3 Å². The summed E-state index contributed by atoms with van der Waals surface area (Å²) in [6.45, 7) is 4.80. The molecule has 3 N–H and O–H groups in total. The minimum Gasteiger partial charge on any atom is -0.393 e. The number of hydrogen-bond acceptors (Lipinski definition) is 4. The Hall–Kier alpha value is -1.13. The van der Waals surface area contributed by atoms with Crippen LogP contribution in [0, 0.1) is 5.92 Å². The summed E-state index contributed by atoms with van der Waals surface area (Å²) in [4.78, 5) is 6.33. The highest BCUT2D eigenvalue weighted by Gasteiger charge is 2.25. The largest absolute Gasteiger partial charge is 0.393 e. The molecule has 2 atom stereocenters. The van der Waals surface area contributed by atoms with Crippen molar-refractivity contribution in [2.75, 3.05) is 18.8 Å². The summed E-state index contributed by atoms with van der Waals surface area (Å²) in [7, 11) is 0. The molecule has 1 aromatic heterocycles. The van der Waals surface area contributed by atoms with Crippen LogP contribution in [0.5, 0.6) is 0 Å². The van der Waals surface area contributed by atoms with Crippen molar-refractivity contribution in [3.63, 3.8) is 0 Å². The van der Waals surface area contributed by atoms with Crippen molar-refractivity contribution in [1.29, 1.82) is 0 Å². The minimum absolute atomic E-state index is 0.201. The van der Waals surface area contributed by atoms with Gasteiger partial charge in [-0.25, -0.2) is 4.98 Å². The Morgan fingerprint density at radius 1 is 1.69 bits per heavy atom. The minimum atomic E-state index is -0.201. The number of likely N-dealkylation sites (tertiary alicyclic amines) is 1. The van der Waals surface area contributed by atoms with Crippen molar-refractivity contribution < 1.29 is 5.11 Å². The van der Waals surface area contributed by atoms with Gasteiger partial charge in [-0.1, -0.05) is 0 Å². The van der Waals surface area contributed by atoms with Crippen LogP contribution in [-0.4, -0.2) is 34.2 Å². The summed E-state index contributed by atoms with van der Waals surface area (Å²) in [6, 6.07) is 3.90. The van der Waals surface area contributed by atoms with Crippen molar-refractivity contribution in [3.8, 4) is 0 Å². The number of aromatic nitrogens is 1. The summed E-state index contributed by atoms with van der Waals surface area (Å²) in [5.41, 5.74) is 6.83. The molecule has 0 radical (unpaired) electrons. The molecule has 1 fully saturated rings. The lowest BCUT2D eigenvalue weighted by molar-refractivity contribution is 0.127. The molecule has 1 aliphatic heterocycles. The molecule has 0 aliphatic carbocycles. The van der Waals surface area contributed by atoms with Gasteiger partial charge in [0.2, 0.25) is 0 Å². The maximum atomic E-state index is 9.52. The third-order valence-corrected chi connectivity index (χ3v) is 3.24. The lowest BCUT2D eigenvalue weighted by atomic mass is 10.0. The van der Waals surface area contributed by atoms with Gasteiger partial charge in [-0.2, -0.15) is 0 Å². The topological polar surface area (TPSA) is 62.4 Å². The second kappa shape index (κ2) is 4.80. The SMILES string of the molecule is CC(O)C1CCN(Cc2ccnc(N)c2)C1. The number of nitrogens with zero attached hydrogens (tertiary/aromatic N) is 2. The molecule has 0 saturated carbocycles. The third-order valence-electron chi connectivity index (χ3n) is 3.24. The number of pyridine rings is 1. The average Bonchev–Trinajstić information content (AvgIpc) is 2.66. The fraction of sp³-hybridized carbons (Fsp3) is 0.583. The van der Waals surface area contributed by atoms with E-state index in [4.69, 9.17) is 5.73 Å². The Bertz CT molecular complexity index is 354. The van der Waals surface area contributed by atoms with Gasteiger partial charge in [0.25, 0.3) is 0 Å². The highest BCUT2D eigenvalue weighted by atomic mass is 16.3. The Balaban J connectivity index is 1.92. The lowest BCUT2D eigenvalue weighted by Crippen LogP contribution is -2.24. The van der Waals surface area contributed by atoms with Crippen LogP contribution in [0.25, 0.3) is 0 Å². The zero-order chi connectivity index (χ0) is 11.5. The van der Waals surface area contributed by atoms with Gasteiger partial charge in [0.05, 0.1) is 6.10 Å². The van der Waals surface area contributed by atoms with E-state index in [0.29, 0.717) is 11.7 Å². The molecule has 1 aliphatic rings. The first-order valence-electron chi connectivity index (χ1n) is 5.76. The van der Waals surface area contributed by atoms with Gasteiger partial charge in [-0.05, 0) is 43.5 Å². The molecule has 4 heteroatoms. The molecular formula is C12H19N3O. The molecule has 2 unspecified atom stereocenters. The molecule has 2 heterocycles.